The molecule has 0 spiro atoms. The number of aliphatic hydroxyl groups is 1. The van der Waals surface area contributed by atoms with Gasteiger partial charge in [-0.15, -0.1) is 0 Å². The number of nitrogens with zero attached hydrogens (tertiary/aromatic N) is 2. The predicted molar refractivity (Wildman–Crippen MR) is 289 cm³/mol. The molecule has 1 aliphatic rings. The van der Waals surface area contributed by atoms with Crippen molar-refractivity contribution in [2.75, 3.05) is 0 Å². The van der Waals surface area contributed by atoms with Crippen LogP contribution in [0.2, 0.25) is 0 Å². The van der Waals surface area contributed by atoms with Gasteiger partial charge >= 0.3 is 0 Å². The van der Waals surface area contributed by atoms with E-state index < -0.39 is 0 Å². The number of aliphatic hydroxyl groups excluding tert-OH is 1. The van der Waals surface area contributed by atoms with Crippen LogP contribution < -0.4 is 0 Å². The molecular formula is C65H48N2NiO2. The standard InChI is InChI=1S/C60H40N2.C5H8O2.Ni/c1-7-21-41(22-8-1)48-37-52(43-25-11-3-12-26-43)57(53(38-48)44-27-13-4-14-28-44)61-59-50-35-19-33-47-34-20-36-51(56(47)50)60(59)62-58-54(45-29-15-5-16-30-45)39-49(42-23-9-2-10-24-42)40-55(58)46-31-17-6-18-32-46;1-4(6)3-5(2)7;/h1-40H;3,6H,1-2H3;/b;4-3-;. The van der Waals surface area contributed by atoms with Crippen molar-refractivity contribution >= 4 is 39.4 Å². The third-order valence-electron chi connectivity index (χ3n) is 12.3. The monoisotopic (exact) mass is 946 g/mol. The van der Waals surface area contributed by atoms with Gasteiger partial charge in [0.1, 0.15) is 0 Å². The second-order valence-corrected chi connectivity index (χ2v) is 17.1. The summed E-state index contributed by atoms with van der Waals surface area (Å²) in [5, 5.41) is 10.7. The molecule has 11 rings (SSSR count). The van der Waals surface area contributed by atoms with Crippen LogP contribution in [0, 0.1) is 0 Å². The summed E-state index contributed by atoms with van der Waals surface area (Å²) in [5.41, 5.74) is 18.9. The molecule has 1 aliphatic carbocycles. The molecule has 0 bridgehead atoms. The summed E-state index contributed by atoms with van der Waals surface area (Å²) in [5.74, 6) is -0.0625. The number of allylic oxidation sites excluding steroid dienone is 2. The van der Waals surface area contributed by atoms with E-state index in [1.54, 1.807) is 0 Å². The largest absolute Gasteiger partial charge is 0.512 e. The van der Waals surface area contributed by atoms with Crippen LogP contribution in [0.3, 0.4) is 0 Å². The molecule has 1 N–H and O–H groups in total. The van der Waals surface area contributed by atoms with Crippen molar-refractivity contribution in [2.24, 2.45) is 9.98 Å². The SMILES string of the molecule is CC(=O)/C=C(/C)O.[Ni].c1ccc(-c2cc(-c3ccccc3)c(N=C3C(=Nc4c(-c5ccccc5)cc(-c5ccccc5)cc4-c4ccccc4)c4cccc5cccc3c45)c(-c3ccccc3)c2)cc1. The van der Waals surface area contributed by atoms with Gasteiger partial charge in [-0.05, 0) is 88.0 Å². The van der Waals surface area contributed by atoms with Crippen molar-refractivity contribution in [3.63, 3.8) is 0 Å². The van der Waals surface area contributed by atoms with Crippen molar-refractivity contribution in [1.82, 2.24) is 0 Å². The van der Waals surface area contributed by atoms with Crippen molar-refractivity contribution < 1.29 is 26.4 Å². The second kappa shape index (κ2) is 21.2. The molecule has 340 valence electrons. The minimum atomic E-state index is -0.125. The van der Waals surface area contributed by atoms with Crippen LogP contribution in [-0.2, 0) is 21.3 Å². The van der Waals surface area contributed by atoms with E-state index in [9.17, 15) is 4.79 Å². The molecule has 0 aliphatic heterocycles. The fourth-order valence-electron chi connectivity index (χ4n) is 9.19. The summed E-state index contributed by atoms with van der Waals surface area (Å²) in [7, 11) is 0. The van der Waals surface area contributed by atoms with Gasteiger partial charge < -0.3 is 5.11 Å². The van der Waals surface area contributed by atoms with Crippen LogP contribution in [0.1, 0.15) is 25.0 Å². The van der Waals surface area contributed by atoms with E-state index in [0.717, 1.165) is 106 Å². The van der Waals surface area contributed by atoms with Gasteiger partial charge in [0, 0.05) is 61.3 Å². The Morgan fingerprint density at radius 1 is 0.357 bits per heavy atom. The molecular weight excluding hydrogens is 899 g/mol. The first kappa shape index (κ1) is 46.6. The Balaban J connectivity index is 0.000000709. The molecule has 0 heterocycles. The summed E-state index contributed by atoms with van der Waals surface area (Å²) in [4.78, 5) is 21.9. The van der Waals surface area contributed by atoms with Gasteiger partial charge in [0.15, 0.2) is 5.78 Å². The van der Waals surface area contributed by atoms with Gasteiger partial charge in [0.25, 0.3) is 0 Å². The second-order valence-electron chi connectivity index (χ2n) is 17.1. The maximum Gasteiger partial charge on any atom is 0.155 e. The number of hydrogen-bond acceptors (Lipinski definition) is 4. The van der Waals surface area contributed by atoms with Crippen LogP contribution in [0.5, 0.6) is 0 Å². The van der Waals surface area contributed by atoms with Crippen LogP contribution in [0.15, 0.2) is 264 Å². The Kier molecular flexibility index (Phi) is 14.1. The average molecular weight is 948 g/mol. The molecule has 10 aromatic carbocycles. The summed E-state index contributed by atoms with van der Waals surface area (Å²) >= 11 is 0. The molecule has 0 aromatic heterocycles. The minimum absolute atomic E-state index is 0. The number of carbonyl (C=O) groups is 1. The zero-order chi connectivity index (χ0) is 47.1. The number of ketones is 1. The minimum Gasteiger partial charge on any atom is -0.512 e. The molecule has 4 nitrogen and oxygen atoms in total. The molecule has 5 heteroatoms. The van der Waals surface area contributed by atoms with E-state index in [2.05, 4.69) is 243 Å². The van der Waals surface area contributed by atoms with Crippen molar-refractivity contribution in [1.29, 1.82) is 0 Å². The Labute approximate surface area is 419 Å². The summed E-state index contributed by atoms with van der Waals surface area (Å²) in [6, 6.07) is 86.3. The van der Waals surface area contributed by atoms with Crippen molar-refractivity contribution in [2.45, 2.75) is 13.8 Å². The third-order valence-corrected chi connectivity index (χ3v) is 12.3. The first-order valence-corrected chi connectivity index (χ1v) is 23.2. The fourth-order valence-corrected chi connectivity index (χ4v) is 9.19. The van der Waals surface area contributed by atoms with Crippen LogP contribution in [0.25, 0.3) is 77.5 Å². The normalized spacial score (nSPS) is 12.9. The molecule has 0 saturated carbocycles. The van der Waals surface area contributed by atoms with Gasteiger partial charge in [-0.3, -0.25) is 4.79 Å². The van der Waals surface area contributed by atoms with Gasteiger partial charge in [-0.1, -0.05) is 218 Å². The Bertz CT molecular complexity index is 3210. The van der Waals surface area contributed by atoms with E-state index in [4.69, 9.17) is 15.1 Å². The topological polar surface area (TPSA) is 62.0 Å². The fraction of sp³-hybridized carbons (Fsp3) is 0.0308. The van der Waals surface area contributed by atoms with Gasteiger partial charge in [0.2, 0.25) is 0 Å². The zero-order valence-corrected chi connectivity index (χ0v) is 39.7. The number of carbonyl (C=O) groups excluding carboxylic acids is 1. The van der Waals surface area contributed by atoms with E-state index in [0.29, 0.717) is 0 Å². The Morgan fingerprint density at radius 2 is 0.643 bits per heavy atom. The number of benzene rings is 10. The maximum atomic E-state index is 10.0. The number of rotatable bonds is 9. The number of hydrogen-bond donors (Lipinski definition) is 1. The number of aliphatic imine (C=N–C) groups is 2. The van der Waals surface area contributed by atoms with E-state index in [-0.39, 0.29) is 28.0 Å². The maximum absolute atomic E-state index is 10.0. The Morgan fingerprint density at radius 3 is 0.900 bits per heavy atom. The summed E-state index contributed by atoms with van der Waals surface area (Å²) in [6.45, 7) is 2.85. The molecule has 0 unspecified atom stereocenters. The van der Waals surface area contributed by atoms with Gasteiger partial charge in [-0.2, -0.15) is 0 Å². The summed E-state index contributed by atoms with van der Waals surface area (Å²) in [6.07, 6.45) is 1.17. The smallest absolute Gasteiger partial charge is 0.155 e. The zero-order valence-electron chi connectivity index (χ0n) is 38.7. The molecule has 0 radical (unpaired) electrons. The molecule has 70 heavy (non-hydrogen) atoms. The van der Waals surface area contributed by atoms with Gasteiger partial charge in [0.05, 0.1) is 28.6 Å². The van der Waals surface area contributed by atoms with E-state index >= 15 is 0 Å². The molecule has 10 aromatic rings. The molecule has 0 fully saturated rings. The first-order valence-electron chi connectivity index (χ1n) is 23.2. The molecule has 0 saturated heterocycles. The first-order chi connectivity index (χ1) is 33.9. The van der Waals surface area contributed by atoms with E-state index in [1.165, 1.54) is 25.3 Å². The van der Waals surface area contributed by atoms with E-state index in [1.807, 2.05) is 0 Å². The third kappa shape index (κ3) is 9.89. The van der Waals surface area contributed by atoms with Crippen LogP contribution in [0.4, 0.5) is 11.4 Å². The molecule has 0 amide bonds. The van der Waals surface area contributed by atoms with Crippen molar-refractivity contribution in [3.05, 3.63) is 266 Å². The van der Waals surface area contributed by atoms with Crippen LogP contribution >= 0.6 is 0 Å². The van der Waals surface area contributed by atoms with Crippen molar-refractivity contribution in [3.8, 4) is 66.8 Å². The summed E-state index contributed by atoms with van der Waals surface area (Å²) < 4.78 is 0. The molecule has 0 atom stereocenters. The predicted octanol–water partition coefficient (Wildman–Crippen LogP) is 17.1. The van der Waals surface area contributed by atoms with Gasteiger partial charge in [-0.25, -0.2) is 9.98 Å². The Hall–Kier alpha value is -8.50. The average Bonchev–Trinajstić information content (AvgIpc) is 3.69. The quantitative estimate of drug-likeness (QED) is 0.0890. The van der Waals surface area contributed by atoms with Crippen LogP contribution in [-0.4, -0.2) is 22.3 Å².